The van der Waals surface area contributed by atoms with E-state index in [1.54, 1.807) is 0 Å². The number of ketones is 1. The van der Waals surface area contributed by atoms with E-state index in [4.69, 9.17) is 9.72 Å². The van der Waals surface area contributed by atoms with Gasteiger partial charge in [-0.1, -0.05) is 55.4 Å². The predicted octanol–water partition coefficient (Wildman–Crippen LogP) is 7.06. The average Bonchev–Trinajstić information content (AvgIpc) is 3.63. The Bertz CT molecular complexity index is 1870. The number of hydrogen-bond acceptors (Lipinski definition) is 7. The van der Waals surface area contributed by atoms with Crippen LogP contribution in [0.2, 0.25) is 0 Å². The molecule has 0 bridgehead atoms. The minimum atomic E-state index is -0.897. The minimum Gasteiger partial charge on any atom is -0.505 e. The average molecular weight is 581 g/mol. The maximum absolute atomic E-state index is 13.7. The van der Waals surface area contributed by atoms with Crippen molar-refractivity contribution >= 4 is 49.8 Å². The van der Waals surface area contributed by atoms with Crippen LogP contribution in [0.5, 0.6) is 5.75 Å². The third-order valence-corrected chi connectivity index (χ3v) is 8.72. The maximum Gasteiger partial charge on any atom is 0.301 e. The highest BCUT2D eigenvalue weighted by Gasteiger charge is 2.48. The quantitative estimate of drug-likeness (QED) is 0.0913. The zero-order chi connectivity index (χ0) is 29.5. The van der Waals surface area contributed by atoms with Crippen molar-refractivity contribution in [3.63, 3.8) is 0 Å². The number of imidazole rings is 1. The Balaban J connectivity index is 1.49. The third kappa shape index (κ3) is 4.73. The minimum absolute atomic E-state index is 0.0174. The van der Waals surface area contributed by atoms with Crippen molar-refractivity contribution in [2.24, 2.45) is 0 Å². The molecule has 1 unspecified atom stereocenters. The second-order valence-electron chi connectivity index (χ2n) is 10.7. The van der Waals surface area contributed by atoms with Crippen molar-refractivity contribution in [2.75, 3.05) is 11.5 Å². The highest BCUT2D eigenvalue weighted by Crippen LogP contribution is 2.45. The molecule has 1 saturated heterocycles. The molecule has 4 heterocycles. The van der Waals surface area contributed by atoms with Gasteiger partial charge in [0.2, 0.25) is 0 Å². The van der Waals surface area contributed by atoms with Crippen LogP contribution in [0.25, 0.3) is 21.6 Å². The number of benzene rings is 2. The first-order chi connectivity index (χ1) is 20.3. The number of aliphatic hydroxyl groups is 1. The number of rotatable bonds is 8. The van der Waals surface area contributed by atoms with Gasteiger partial charge in [0.15, 0.2) is 10.9 Å². The van der Waals surface area contributed by atoms with Crippen molar-refractivity contribution in [1.29, 1.82) is 0 Å². The summed E-state index contributed by atoms with van der Waals surface area (Å²) in [6.45, 7) is 8.53. The Morgan fingerprint density at radius 2 is 1.81 bits per heavy atom. The number of pyridine rings is 1. The molecule has 1 aliphatic rings. The van der Waals surface area contributed by atoms with Gasteiger partial charge in [-0.15, -0.1) is 0 Å². The van der Waals surface area contributed by atoms with E-state index in [9.17, 15) is 14.7 Å². The first-order valence-electron chi connectivity index (χ1n) is 14.1. The molecule has 2 aromatic carbocycles. The number of anilines is 1. The molecule has 6 rings (SSSR count). The summed E-state index contributed by atoms with van der Waals surface area (Å²) in [7, 11) is 0. The molecule has 214 valence electrons. The number of aryl methyl sites for hydroxylation is 3. The van der Waals surface area contributed by atoms with Gasteiger partial charge in [-0.2, -0.15) is 0 Å². The fraction of sp³-hybridized carbons (Fsp3) is 0.273. The Morgan fingerprint density at radius 1 is 1.02 bits per heavy atom. The van der Waals surface area contributed by atoms with Crippen LogP contribution in [-0.2, 0) is 9.59 Å². The van der Waals surface area contributed by atoms with Crippen LogP contribution in [0.4, 0.5) is 5.13 Å². The van der Waals surface area contributed by atoms with Crippen molar-refractivity contribution in [3.05, 3.63) is 94.4 Å². The third-order valence-electron chi connectivity index (χ3n) is 7.70. The maximum atomic E-state index is 13.7. The summed E-state index contributed by atoms with van der Waals surface area (Å²) >= 11 is 1.34. The Labute approximate surface area is 247 Å². The normalized spacial score (nSPS) is 16.7. The molecule has 8 nitrogen and oxygen atoms in total. The summed E-state index contributed by atoms with van der Waals surface area (Å²) in [5.74, 6) is -1.12. The van der Waals surface area contributed by atoms with E-state index in [-0.39, 0.29) is 17.0 Å². The van der Waals surface area contributed by atoms with E-state index in [1.807, 2.05) is 86.0 Å². The SMILES string of the molecule is CCCCCOc1ccc(C2C(=C(O)c3nc4c(C)cccn4c3C)C(=O)C(=O)N2c2nc3ccc(C)cc3s2)cc1. The number of ether oxygens (including phenoxy) is 1. The van der Waals surface area contributed by atoms with E-state index in [1.165, 1.54) is 16.2 Å². The number of fused-ring (bicyclic) bond motifs is 2. The lowest BCUT2D eigenvalue weighted by molar-refractivity contribution is -0.132. The molecule has 0 radical (unpaired) electrons. The van der Waals surface area contributed by atoms with E-state index < -0.39 is 17.7 Å². The van der Waals surface area contributed by atoms with Gasteiger partial charge >= 0.3 is 5.91 Å². The predicted molar refractivity (Wildman–Crippen MR) is 165 cm³/mol. The number of carbonyl (C=O) groups excluding carboxylic acids is 2. The van der Waals surface area contributed by atoms with Gasteiger partial charge in [-0.05, 0) is 74.2 Å². The second kappa shape index (κ2) is 11.1. The standard InChI is InChI=1S/C33H32N4O4S/c1-5-6-7-17-41-23-13-11-22(12-14-23)28-26(29(38)27-21(4)36-16-8-9-20(3)31(36)35-27)30(39)32(40)37(28)33-34-24-15-10-19(2)18-25(24)42-33/h8-16,18,28,38H,5-7,17H2,1-4H3. The van der Waals surface area contributed by atoms with Gasteiger partial charge in [0.1, 0.15) is 17.1 Å². The topological polar surface area (TPSA) is 97.0 Å². The lowest BCUT2D eigenvalue weighted by atomic mass is 9.96. The molecule has 3 aromatic heterocycles. The summed E-state index contributed by atoms with van der Waals surface area (Å²) in [5.41, 5.74) is 4.99. The monoisotopic (exact) mass is 580 g/mol. The molecule has 42 heavy (non-hydrogen) atoms. The number of aromatic nitrogens is 3. The number of amides is 1. The lowest BCUT2D eigenvalue weighted by Gasteiger charge is -2.23. The highest BCUT2D eigenvalue weighted by molar-refractivity contribution is 7.22. The van der Waals surface area contributed by atoms with Crippen molar-refractivity contribution in [3.8, 4) is 5.75 Å². The van der Waals surface area contributed by atoms with Crippen LogP contribution >= 0.6 is 11.3 Å². The molecule has 0 saturated carbocycles. The van der Waals surface area contributed by atoms with Crippen molar-refractivity contribution < 1.29 is 19.4 Å². The van der Waals surface area contributed by atoms with Crippen LogP contribution < -0.4 is 9.64 Å². The molecule has 9 heteroatoms. The van der Waals surface area contributed by atoms with E-state index in [0.29, 0.717) is 34.4 Å². The van der Waals surface area contributed by atoms with Crippen LogP contribution in [0.1, 0.15) is 60.3 Å². The van der Waals surface area contributed by atoms with Gasteiger partial charge in [-0.3, -0.25) is 14.5 Å². The molecule has 5 aromatic rings. The first kappa shape index (κ1) is 27.7. The molecule has 1 N–H and O–H groups in total. The van der Waals surface area contributed by atoms with Gasteiger partial charge in [-0.25, -0.2) is 9.97 Å². The Morgan fingerprint density at radius 3 is 2.55 bits per heavy atom. The zero-order valence-electron chi connectivity index (χ0n) is 24.0. The smallest absolute Gasteiger partial charge is 0.301 e. The van der Waals surface area contributed by atoms with E-state index in [0.717, 1.165) is 40.6 Å². The molecule has 0 spiro atoms. The molecular formula is C33H32N4O4S. The second-order valence-corrected chi connectivity index (χ2v) is 11.7. The highest BCUT2D eigenvalue weighted by atomic mass is 32.1. The van der Waals surface area contributed by atoms with Crippen LogP contribution in [-0.4, -0.2) is 37.8 Å². The molecule has 0 aliphatic carbocycles. The number of hydrogen-bond donors (Lipinski definition) is 1. The zero-order valence-corrected chi connectivity index (χ0v) is 24.9. The summed E-state index contributed by atoms with van der Waals surface area (Å²) in [4.78, 5) is 38.3. The van der Waals surface area contributed by atoms with Gasteiger partial charge in [0, 0.05) is 6.20 Å². The van der Waals surface area contributed by atoms with Crippen LogP contribution in [0, 0.1) is 20.8 Å². The van der Waals surface area contributed by atoms with Crippen molar-refractivity contribution in [1.82, 2.24) is 14.4 Å². The fourth-order valence-electron chi connectivity index (χ4n) is 5.43. The lowest BCUT2D eigenvalue weighted by Crippen LogP contribution is -2.29. The molecule has 1 aliphatic heterocycles. The molecule has 1 atom stereocenters. The van der Waals surface area contributed by atoms with Crippen molar-refractivity contribution in [2.45, 2.75) is 53.0 Å². The van der Waals surface area contributed by atoms with Gasteiger partial charge in [0.05, 0.1) is 34.1 Å². The Hall–Kier alpha value is -4.50. The van der Waals surface area contributed by atoms with E-state index >= 15 is 0 Å². The molecule has 1 amide bonds. The molecule has 1 fully saturated rings. The number of carbonyl (C=O) groups is 2. The number of unbranched alkanes of at least 4 members (excludes halogenated alkanes) is 2. The number of thiazole rings is 1. The largest absolute Gasteiger partial charge is 0.505 e. The molecular weight excluding hydrogens is 548 g/mol. The van der Waals surface area contributed by atoms with Gasteiger partial charge < -0.3 is 14.2 Å². The Kier molecular flexibility index (Phi) is 7.28. The van der Waals surface area contributed by atoms with Crippen LogP contribution in [0.15, 0.2) is 66.4 Å². The van der Waals surface area contributed by atoms with Crippen LogP contribution in [0.3, 0.4) is 0 Å². The van der Waals surface area contributed by atoms with Gasteiger partial charge in [0.25, 0.3) is 5.78 Å². The number of nitrogens with zero attached hydrogens (tertiary/aromatic N) is 4. The fourth-order valence-corrected chi connectivity index (χ4v) is 6.52. The number of Topliss-reactive ketones (excluding diaryl/α,β-unsaturated/α-hetero) is 1. The van der Waals surface area contributed by atoms with E-state index in [2.05, 4.69) is 11.9 Å². The summed E-state index contributed by atoms with van der Waals surface area (Å²) in [6.07, 6.45) is 5.03. The first-order valence-corrected chi connectivity index (χ1v) is 15.0. The number of aliphatic hydroxyl groups excluding tert-OH is 1. The summed E-state index contributed by atoms with van der Waals surface area (Å²) in [6, 6.07) is 16.2. The summed E-state index contributed by atoms with van der Waals surface area (Å²) in [5, 5.41) is 12.1. The summed E-state index contributed by atoms with van der Waals surface area (Å²) < 4.78 is 8.68.